The highest BCUT2D eigenvalue weighted by Crippen LogP contribution is 2.38. The highest BCUT2D eigenvalue weighted by Gasteiger charge is 2.34. The Morgan fingerprint density at radius 2 is 1.80 bits per heavy atom. The fourth-order valence-electron chi connectivity index (χ4n) is 3.47. The molecule has 3 aromatic rings. The monoisotopic (exact) mass is 406 g/mol. The minimum Gasteiger partial charge on any atom is -0.493 e. The second-order valence-corrected chi connectivity index (χ2v) is 6.95. The van der Waals surface area contributed by atoms with Gasteiger partial charge in [0.15, 0.2) is 11.5 Å². The molecule has 2 aromatic carbocycles. The van der Waals surface area contributed by atoms with Crippen LogP contribution in [0.1, 0.15) is 24.1 Å². The number of carbonyl (C=O) groups excluding carboxylic acids is 1. The first kappa shape index (κ1) is 19.4. The number of amides is 1. The van der Waals surface area contributed by atoms with E-state index >= 15 is 0 Å². The molecule has 0 radical (unpaired) electrons. The summed E-state index contributed by atoms with van der Waals surface area (Å²) in [6.07, 6.45) is 0. The maximum atomic E-state index is 13.3. The molecule has 0 bridgehead atoms. The number of nitrogens with zero attached hydrogens (tertiary/aromatic N) is 4. The Bertz CT molecular complexity index is 1120. The van der Waals surface area contributed by atoms with Crippen LogP contribution >= 0.6 is 0 Å². The quantitative estimate of drug-likeness (QED) is 0.671. The third kappa shape index (κ3) is 3.45. The first-order valence-electron chi connectivity index (χ1n) is 9.37. The van der Waals surface area contributed by atoms with Crippen molar-refractivity contribution in [1.29, 1.82) is 0 Å². The summed E-state index contributed by atoms with van der Waals surface area (Å²) in [4.78, 5) is 13.3. The summed E-state index contributed by atoms with van der Waals surface area (Å²) >= 11 is 0. The number of tetrazole rings is 1. The van der Waals surface area contributed by atoms with Gasteiger partial charge in [0.2, 0.25) is 5.95 Å². The highest BCUT2D eigenvalue weighted by molar-refractivity contribution is 6.06. The predicted octanol–water partition coefficient (Wildman–Crippen LogP) is 2.93. The van der Waals surface area contributed by atoms with Crippen LogP contribution in [0.15, 0.2) is 53.7 Å². The lowest BCUT2D eigenvalue weighted by atomic mass is 9.94. The summed E-state index contributed by atoms with van der Waals surface area (Å²) in [5.74, 6) is 1.36. The van der Waals surface area contributed by atoms with Crippen molar-refractivity contribution in [1.82, 2.24) is 20.2 Å². The number of carbonyl (C=O) groups is 1. The molecule has 0 spiro atoms. The summed E-state index contributed by atoms with van der Waals surface area (Å²) < 4.78 is 12.4. The molecule has 2 N–H and O–H groups in total. The van der Waals surface area contributed by atoms with E-state index in [-0.39, 0.29) is 5.91 Å². The van der Waals surface area contributed by atoms with Crippen LogP contribution in [0.3, 0.4) is 0 Å². The largest absolute Gasteiger partial charge is 0.493 e. The molecule has 1 aliphatic rings. The first-order valence-corrected chi connectivity index (χ1v) is 9.37. The molecule has 1 amide bonds. The summed E-state index contributed by atoms with van der Waals surface area (Å²) in [7, 11) is 3.14. The van der Waals surface area contributed by atoms with Gasteiger partial charge in [-0.3, -0.25) is 4.79 Å². The molecule has 1 atom stereocenters. The van der Waals surface area contributed by atoms with Crippen molar-refractivity contribution in [2.24, 2.45) is 0 Å². The number of anilines is 2. The summed E-state index contributed by atoms with van der Waals surface area (Å²) in [6.45, 7) is 3.83. The molecule has 0 saturated carbocycles. The Balaban J connectivity index is 1.77. The second kappa shape index (κ2) is 7.86. The van der Waals surface area contributed by atoms with Gasteiger partial charge < -0.3 is 20.1 Å². The molecule has 0 fully saturated rings. The normalized spacial score (nSPS) is 15.3. The third-order valence-corrected chi connectivity index (χ3v) is 4.99. The van der Waals surface area contributed by atoms with E-state index < -0.39 is 6.04 Å². The summed E-state index contributed by atoms with van der Waals surface area (Å²) in [5.41, 5.74) is 3.78. The molecule has 1 aliphatic heterocycles. The van der Waals surface area contributed by atoms with Crippen LogP contribution in [0.25, 0.3) is 0 Å². The highest BCUT2D eigenvalue weighted by atomic mass is 16.5. The maximum absolute atomic E-state index is 13.3. The Morgan fingerprint density at radius 3 is 2.50 bits per heavy atom. The Kier molecular flexibility index (Phi) is 5.09. The van der Waals surface area contributed by atoms with Gasteiger partial charge in [0.25, 0.3) is 5.91 Å². The Morgan fingerprint density at radius 1 is 1.07 bits per heavy atom. The molecule has 0 saturated heterocycles. The number of nitrogens with one attached hydrogen (secondary N) is 2. The molecule has 2 heterocycles. The van der Waals surface area contributed by atoms with Crippen molar-refractivity contribution < 1.29 is 14.3 Å². The van der Waals surface area contributed by atoms with Gasteiger partial charge in [-0.2, -0.15) is 4.68 Å². The summed E-state index contributed by atoms with van der Waals surface area (Å²) in [5, 5.41) is 18.0. The average molecular weight is 406 g/mol. The van der Waals surface area contributed by atoms with E-state index in [2.05, 4.69) is 26.2 Å². The van der Waals surface area contributed by atoms with Gasteiger partial charge in [-0.05, 0) is 54.1 Å². The van der Waals surface area contributed by atoms with Gasteiger partial charge in [-0.15, -0.1) is 0 Å². The first-order chi connectivity index (χ1) is 14.5. The standard InChI is InChI=1S/C21H22N6O3/c1-12-5-8-15(9-6-12)23-20(28)18-13(2)22-21-24-25-26-27(21)19(18)14-7-10-16(29-3)17(11-14)30-4/h5-11,19H,1-4H3,(H,23,28)(H,22,24,26). The molecular formula is C21H22N6O3. The van der Waals surface area contributed by atoms with Crippen LogP contribution in [0.5, 0.6) is 11.5 Å². The number of hydrogen-bond donors (Lipinski definition) is 2. The van der Waals surface area contributed by atoms with E-state index in [0.717, 1.165) is 11.1 Å². The van der Waals surface area contributed by atoms with Crippen LogP contribution in [0, 0.1) is 6.92 Å². The van der Waals surface area contributed by atoms with Gasteiger partial charge in [-0.25, -0.2) is 0 Å². The van der Waals surface area contributed by atoms with Gasteiger partial charge in [0.05, 0.1) is 19.8 Å². The summed E-state index contributed by atoms with van der Waals surface area (Å²) in [6, 6.07) is 12.6. The van der Waals surface area contributed by atoms with Crippen molar-refractivity contribution in [3.63, 3.8) is 0 Å². The van der Waals surface area contributed by atoms with Crippen molar-refractivity contribution in [3.8, 4) is 11.5 Å². The number of benzene rings is 2. The van der Waals surface area contributed by atoms with E-state index in [1.807, 2.05) is 50.2 Å². The van der Waals surface area contributed by atoms with E-state index in [4.69, 9.17) is 9.47 Å². The number of fused-ring (bicyclic) bond motifs is 1. The van der Waals surface area contributed by atoms with Crippen molar-refractivity contribution in [2.75, 3.05) is 24.9 Å². The number of allylic oxidation sites excluding steroid dienone is 1. The van der Waals surface area contributed by atoms with Gasteiger partial charge >= 0.3 is 0 Å². The topological polar surface area (TPSA) is 103 Å². The van der Waals surface area contributed by atoms with Crippen molar-refractivity contribution >= 4 is 17.5 Å². The number of hydrogen-bond acceptors (Lipinski definition) is 7. The Hall–Kier alpha value is -3.88. The number of ether oxygens (including phenoxy) is 2. The number of rotatable bonds is 5. The van der Waals surface area contributed by atoms with Crippen LogP contribution in [0.2, 0.25) is 0 Å². The average Bonchev–Trinajstić information content (AvgIpc) is 3.21. The van der Waals surface area contributed by atoms with E-state index in [9.17, 15) is 4.79 Å². The van der Waals surface area contributed by atoms with E-state index in [1.165, 1.54) is 0 Å². The van der Waals surface area contributed by atoms with Crippen molar-refractivity contribution in [3.05, 3.63) is 64.9 Å². The molecule has 1 unspecified atom stereocenters. The van der Waals surface area contributed by atoms with Crippen LogP contribution < -0.4 is 20.1 Å². The molecular weight excluding hydrogens is 384 g/mol. The molecule has 30 heavy (non-hydrogen) atoms. The SMILES string of the molecule is COc1ccc(C2C(C(=O)Nc3ccc(C)cc3)=C(C)Nc3nnnn32)cc1OC. The van der Waals surface area contributed by atoms with Gasteiger partial charge in [0.1, 0.15) is 6.04 Å². The lowest BCUT2D eigenvalue weighted by molar-refractivity contribution is -0.113. The molecule has 9 nitrogen and oxygen atoms in total. The van der Waals surface area contributed by atoms with Crippen LogP contribution in [-0.2, 0) is 4.79 Å². The fourth-order valence-corrected chi connectivity index (χ4v) is 3.47. The maximum Gasteiger partial charge on any atom is 0.255 e. The second-order valence-electron chi connectivity index (χ2n) is 6.95. The minimum atomic E-state index is -0.540. The lowest BCUT2D eigenvalue weighted by Gasteiger charge is -2.28. The van der Waals surface area contributed by atoms with Crippen LogP contribution in [0.4, 0.5) is 11.6 Å². The third-order valence-electron chi connectivity index (χ3n) is 4.99. The van der Waals surface area contributed by atoms with Crippen LogP contribution in [-0.4, -0.2) is 40.3 Å². The molecule has 1 aromatic heterocycles. The molecule has 4 rings (SSSR count). The number of methoxy groups -OCH3 is 2. The zero-order valence-electron chi connectivity index (χ0n) is 17.1. The zero-order valence-corrected chi connectivity index (χ0v) is 17.1. The lowest BCUT2D eigenvalue weighted by Crippen LogP contribution is -2.31. The van der Waals surface area contributed by atoms with Crippen molar-refractivity contribution in [2.45, 2.75) is 19.9 Å². The predicted molar refractivity (Wildman–Crippen MR) is 112 cm³/mol. The van der Waals surface area contributed by atoms with E-state index in [0.29, 0.717) is 34.4 Å². The zero-order chi connectivity index (χ0) is 21.3. The molecule has 0 aliphatic carbocycles. The molecule has 9 heteroatoms. The Labute approximate surface area is 173 Å². The smallest absolute Gasteiger partial charge is 0.255 e. The van der Waals surface area contributed by atoms with Gasteiger partial charge in [-0.1, -0.05) is 28.9 Å². The molecule has 154 valence electrons. The van der Waals surface area contributed by atoms with E-state index in [1.54, 1.807) is 25.0 Å². The minimum absolute atomic E-state index is 0.246. The number of aromatic nitrogens is 4. The number of aryl methyl sites for hydroxylation is 1. The fraction of sp³-hybridized carbons (Fsp3) is 0.238. The van der Waals surface area contributed by atoms with Gasteiger partial charge in [0, 0.05) is 11.4 Å².